The molecule has 1 unspecified atom stereocenters. The van der Waals surface area contributed by atoms with E-state index in [2.05, 4.69) is 0 Å². The number of morpholine rings is 1. The minimum absolute atomic E-state index is 0. The van der Waals surface area contributed by atoms with E-state index >= 15 is 0 Å². The highest BCUT2D eigenvalue weighted by molar-refractivity contribution is 6.42. The lowest BCUT2D eigenvalue weighted by atomic mass is 9.81. The van der Waals surface area contributed by atoms with E-state index in [0.717, 1.165) is 31.2 Å². The summed E-state index contributed by atoms with van der Waals surface area (Å²) in [6.07, 6.45) is 4.60. The zero-order valence-electron chi connectivity index (χ0n) is 13.5. The van der Waals surface area contributed by atoms with Crippen molar-refractivity contribution in [3.8, 4) is 0 Å². The Hall–Kier alpha value is -0.520. The largest absolute Gasteiger partial charge is 0.370 e. The molecule has 1 heterocycles. The molecule has 2 fully saturated rings. The molecule has 2 N–H and O–H groups in total. The van der Waals surface area contributed by atoms with Crippen molar-refractivity contribution < 1.29 is 9.53 Å². The molecule has 1 aliphatic heterocycles. The van der Waals surface area contributed by atoms with Crippen molar-refractivity contribution >= 4 is 41.5 Å². The number of nitrogens with zero attached hydrogens (tertiary/aromatic N) is 1. The third kappa shape index (κ3) is 4.17. The summed E-state index contributed by atoms with van der Waals surface area (Å²) in [4.78, 5) is 14.7. The van der Waals surface area contributed by atoms with Crippen LogP contribution in [-0.4, -0.2) is 36.0 Å². The number of hydrogen-bond acceptors (Lipinski definition) is 3. The number of nitrogens with two attached hydrogens (primary N) is 1. The van der Waals surface area contributed by atoms with Gasteiger partial charge < -0.3 is 15.4 Å². The summed E-state index contributed by atoms with van der Waals surface area (Å²) in [7, 11) is 0. The number of amides is 1. The monoisotopic (exact) mass is 392 g/mol. The van der Waals surface area contributed by atoms with Crippen molar-refractivity contribution in [1.82, 2.24) is 4.90 Å². The molecule has 1 amide bonds. The Kier molecular flexibility index (Phi) is 6.80. The molecule has 1 aliphatic carbocycles. The quantitative estimate of drug-likeness (QED) is 0.827. The van der Waals surface area contributed by atoms with E-state index in [1.165, 1.54) is 6.42 Å². The Bertz CT molecular complexity index is 591. The first-order chi connectivity index (χ1) is 11.0. The summed E-state index contributed by atoms with van der Waals surface area (Å²) in [6.45, 7) is 1.61. The molecular weight excluding hydrogens is 371 g/mol. The molecule has 0 spiro atoms. The molecule has 24 heavy (non-hydrogen) atoms. The maximum Gasteiger partial charge on any atom is 0.242 e. The van der Waals surface area contributed by atoms with E-state index < -0.39 is 5.54 Å². The van der Waals surface area contributed by atoms with Crippen molar-refractivity contribution in [1.29, 1.82) is 0 Å². The average molecular weight is 394 g/mol. The van der Waals surface area contributed by atoms with Crippen molar-refractivity contribution in [3.63, 3.8) is 0 Å². The fourth-order valence-corrected chi connectivity index (χ4v) is 3.77. The number of carbonyl (C=O) groups is 1. The molecule has 0 bridgehead atoms. The molecule has 3 rings (SSSR count). The van der Waals surface area contributed by atoms with Crippen LogP contribution in [0.1, 0.15) is 43.8 Å². The van der Waals surface area contributed by atoms with Crippen LogP contribution in [0.4, 0.5) is 0 Å². The molecule has 0 aromatic heterocycles. The van der Waals surface area contributed by atoms with Gasteiger partial charge in [0.1, 0.15) is 6.10 Å². The SMILES string of the molecule is Cl.NC1(C(=O)N2CCOC(c3ccc(Cl)c(Cl)c3)C2)CCCCC1. The zero-order valence-corrected chi connectivity index (χ0v) is 15.8. The van der Waals surface area contributed by atoms with Crippen LogP contribution in [0.15, 0.2) is 18.2 Å². The molecule has 1 aromatic carbocycles. The van der Waals surface area contributed by atoms with Gasteiger partial charge in [-0.25, -0.2) is 0 Å². The molecule has 1 saturated carbocycles. The molecule has 1 saturated heterocycles. The van der Waals surface area contributed by atoms with Gasteiger partial charge in [0.25, 0.3) is 0 Å². The van der Waals surface area contributed by atoms with Crippen molar-refractivity contribution in [3.05, 3.63) is 33.8 Å². The van der Waals surface area contributed by atoms with E-state index in [9.17, 15) is 4.79 Å². The lowest BCUT2D eigenvalue weighted by Crippen LogP contribution is -2.58. The van der Waals surface area contributed by atoms with Crippen LogP contribution in [0.5, 0.6) is 0 Å². The lowest BCUT2D eigenvalue weighted by molar-refractivity contribution is -0.146. The van der Waals surface area contributed by atoms with Crippen molar-refractivity contribution in [2.45, 2.75) is 43.7 Å². The highest BCUT2D eigenvalue weighted by Gasteiger charge is 2.40. The zero-order chi connectivity index (χ0) is 16.4. The Balaban J connectivity index is 0.00000208. The van der Waals surface area contributed by atoms with Crippen LogP contribution in [0.2, 0.25) is 10.0 Å². The number of carbonyl (C=O) groups excluding carboxylic acids is 1. The first-order valence-corrected chi connectivity index (χ1v) is 8.90. The standard InChI is InChI=1S/C17H22Cl2N2O2.ClH/c18-13-5-4-12(10-14(13)19)15-11-21(8-9-23-15)16(22)17(20)6-2-1-3-7-17;/h4-5,10,15H,1-3,6-9,11,20H2;1H. The minimum Gasteiger partial charge on any atom is -0.370 e. The second-order valence-electron chi connectivity index (χ2n) is 6.50. The normalized spacial score (nSPS) is 23.5. The van der Waals surface area contributed by atoms with Gasteiger partial charge in [0.15, 0.2) is 0 Å². The van der Waals surface area contributed by atoms with Gasteiger partial charge in [0.05, 0.1) is 28.7 Å². The Morgan fingerprint density at radius 3 is 2.58 bits per heavy atom. The minimum atomic E-state index is -0.697. The summed E-state index contributed by atoms with van der Waals surface area (Å²) in [5.41, 5.74) is 6.63. The number of rotatable bonds is 2. The topological polar surface area (TPSA) is 55.6 Å². The van der Waals surface area contributed by atoms with Crippen molar-refractivity contribution in [2.75, 3.05) is 19.7 Å². The fourth-order valence-electron chi connectivity index (χ4n) is 3.46. The summed E-state index contributed by atoms with van der Waals surface area (Å²) >= 11 is 12.1. The summed E-state index contributed by atoms with van der Waals surface area (Å²) in [5.74, 6) is 0.0607. The summed E-state index contributed by atoms with van der Waals surface area (Å²) < 4.78 is 5.82. The molecule has 134 valence electrons. The van der Waals surface area contributed by atoms with Crippen LogP contribution >= 0.6 is 35.6 Å². The molecular formula is C17H23Cl3N2O2. The maximum atomic E-state index is 12.9. The predicted molar refractivity (Wildman–Crippen MR) is 99.0 cm³/mol. The van der Waals surface area contributed by atoms with Gasteiger partial charge in [-0.3, -0.25) is 4.79 Å². The average Bonchev–Trinajstić information content (AvgIpc) is 2.57. The van der Waals surface area contributed by atoms with E-state index in [0.29, 0.717) is 29.7 Å². The van der Waals surface area contributed by atoms with Gasteiger partial charge in [0, 0.05) is 6.54 Å². The van der Waals surface area contributed by atoms with Crippen LogP contribution in [0, 0.1) is 0 Å². The smallest absolute Gasteiger partial charge is 0.242 e. The van der Waals surface area contributed by atoms with Crippen LogP contribution in [0.3, 0.4) is 0 Å². The molecule has 2 aliphatic rings. The maximum absolute atomic E-state index is 12.9. The van der Waals surface area contributed by atoms with Crippen LogP contribution in [0.25, 0.3) is 0 Å². The highest BCUT2D eigenvalue weighted by atomic mass is 35.5. The second kappa shape index (κ2) is 8.24. The third-order valence-electron chi connectivity index (χ3n) is 4.84. The Labute approximate surface area is 159 Å². The fraction of sp³-hybridized carbons (Fsp3) is 0.588. The van der Waals surface area contributed by atoms with E-state index in [1.807, 2.05) is 11.0 Å². The van der Waals surface area contributed by atoms with Crippen LogP contribution in [-0.2, 0) is 9.53 Å². The van der Waals surface area contributed by atoms with E-state index in [-0.39, 0.29) is 24.4 Å². The molecule has 1 atom stereocenters. The second-order valence-corrected chi connectivity index (χ2v) is 7.32. The highest BCUT2D eigenvalue weighted by Crippen LogP contribution is 2.32. The summed E-state index contributed by atoms with van der Waals surface area (Å²) in [6, 6.07) is 5.46. The number of ether oxygens (including phenoxy) is 1. The lowest BCUT2D eigenvalue weighted by Gasteiger charge is -2.40. The number of hydrogen-bond donors (Lipinski definition) is 1. The Morgan fingerprint density at radius 2 is 1.92 bits per heavy atom. The molecule has 4 nitrogen and oxygen atoms in total. The molecule has 1 aromatic rings. The first kappa shape index (κ1) is 19.8. The van der Waals surface area contributed by atoms with Gasteiger partial charge in [-0.1, -0.05) is 48.5 Å². The third-order valence-corrected chi connectivity index (χ3v) is 5.58. The first-order valence-electron chi connectivity index (χ1n) is 8.14. The van der Waals surface area contributed by atoms with E-state index in [4.69, 9.17) is 33.7 Å². The molecule has 0 radical (unpaired) electrons. The van der Waals surface area contributed by atoms with Gasteiger partial charge >= 0.3 is 0 Å². The van der Waals surface area contributed by atoms with Crippen LogP contribution < -0.4 is 5.73 Å². The number of benzene rings is 1. The predicted octanol–water partition coefficient (Wildman–Crippen LogP) is 3.98. The van der Waals surface area contributed by atoms with Gasteiger partial charge in [-0.05, 0) is 30.5 Å². The van der Waals surface area contributed by atoms with Gasteiger partial charge in [-0.15, -0.1) is 12.4 Å². The van der Waals surface area contributed by atoms with E-state index in [1.54, 1.807) is 12.1 Å². The molecule has 7 heteroatoms. The number of halogens is 3. The van der Waals surface area contributed by atoms with Crippen molar-refractivity contribution in [2.24, 2.45) is 5.73 Å². The van der Waals surface area contributed by atoms with Gasteiger partial charge in [0.2, 0.25) is 5.91 Å². The Morgan fingerprint density at radius 1 is 1.21 bits per heavy atom. The van der Waals surface area contributed by atoms with Gasteiger partial charge in [-0.2, -0.15) is 0 Å². The summed E-state index contributed by atoms with van der Waals surface area (Å²) in [5, 5.41) is 1.01.